The van der Waals surface area contributed by atoms with E-state index in [0.29, 0.717) is 0 Å². The topological polar surface area (TPSA) is 124 Å². The number of alkyl halides is 3. The van der Waals surface area contributed by atoms with Crippen LogP contribution in [0.25, 0.3) is 0 Å². The third kappa shape index (κ3) is 3.81. The molecule has 0 saturated heterocycles. The Kier molecular flexibility index (Phi) is 7.00. The predicted molar refractivity (Wildman–Crippen MR) is 138 cm³/mol. The zero-order valence-electron chi connectivity index (χ0n) is 21.9. The molecule has 0 heterocycles. The van der Waals surface area contributed by atoms with E-state index in [9.17, 15) is 34.0 Å². The number of carbonyl (C=O) groups is 3. The van der Waals surface area contributed by atoms with E-state index in [2.05, 4.69) is 0 Å². The third-order valence-electron chi connectivity index (χ3n) is 8.35. The molecule has 8 nitrogen and oxygen atoms in total. The van der Waals surface area contributed by atoms with Gasteiger partial charge in [-0.3, -0.25) is 24.5 Å². The highest BCUT2D eigenvalue weighted by Crippen LogP contribution is 2.68. The van der Waals surface area contributed by atoms with Crippen molar-refractivity contribution in [3.63, 3.8) is 0 Å². The molecule has 3 aromatic rings. The van der Waals surface area contributed by atoms with Crippen molar-refractivity contribution in [2.45, 2.75) is 36.6 Å². The second-order valence-electron chi connectivity index (χ2n) is 10.2. The number of Topliss-reactive ketones (excluding diaryl/α,β-unsaturated/α-hetero) is 2. The van der Waals surface area contributed by atoms with E-state index in [1.165, 1.54) is 49.4 Å². The Morgan fingerprint density at radius 1 is 0.929 bits per heavy atom. The van der Waals surface area contributed by atoms with Gasteiger partial charge in [-0.1, -0.05) is 66.7 Å². The van der Waals surface area contributed by atoms with Crippen LogP contribution in [0.5, 0.6) is 0 Å². The first kappa shape index (κ1) is 29.1. The van der Waals surface area contributed by atoms with Crippen molar-refractivity contribution in [2.75, 3.05) is 6.61 Å². The molecule has 0 bridgehead atoms. The van der Waals surface area contributed by atoms with Crippen molar-refractivity contribution in [1.82, 2.24) is 0 Å². The van der Waals surface area contributed by atoms with Crippen LogP contribution in [-0.4, -0.2) is 52.0 Å². The van der Waals surface area contributed by atoms with Gasteiger partial charge in [-0.05, 0) is 30.2 Å². The minimum absolute atomic E-state index is 0.217. The summed E-state index contributed by atoms with van der Waals surface area (Å²) in [6.07, 6.45) is -5.88. The van der Waals surface area contributed by atoms with E-state index in [1.54, 1.807) is 0 Å². The first-order chi connectivity index (χ1) is 19.8. The molecule has 0 amide bonds. The van der Waals surface area contributed by atoms with Crippen molar-refractivity contribution in [1.29, 1.82) is 0 Å². The van der Waals surface area contributed by atoms with Crippen molar-refractivity contribution >= 4 is 17.5 Å². The lowest BCUT2D eigenvalue weighted by atomic mass is 9.45. The molecule has 12 heteroatoms. The second-order valence-corrected chi connectivity index (χ2v) is 10.2. The highest BCUT2D eigenvalue weighted by atomic mass is 19.4. The first-order valence-electron chi connectivity index (χ1n) is 12.9. The molecule has 5 atom stereocenters. The number of benzene rings is 3. The number of fused-ring (bicyclic) bond motifs is 1. The molecule has 42 heavy (non-hydrogen) atoms. The average Bonchev–Trinajstić information content (AvgIpc) is 3.17. The lowest BCUT2D eigenvalue weighted by Crippen LogP contribution is -2.76. The van der Waals surface area contributed by atoms with Crippen molar-refractivity contribution in [2.24, 2.45) is 11.3 Å². The van der Waals surface area contributed by atoms with Crippen LogP contribution < -0.4 is 0 Å². The van der Waals surface area contributed by atoms with Gasteiger partial charge in [0.2, 0.25) is 6.04 Å². The molecule has 0 aliphatic heterocycles. The zero-order chi connectivity index (χ0) is 30.6. The van der Waals surface area contributed by atoms with E-state index >= 15 is 13.2 Å². The average molecular weight is 586 g/mol. The summed E-state index contributed by atoms with van der Waals surface area (Å²) in [5.74, 6) is -12.8. The van der Waals surface area contributed by atoms with Gasteiger partial charge in [-0.15, -0.1) is 0 Å². The maximum Gasteiger partial charge on any atom is 0.419 e. The summed E-state index contributed by atoms with van der Waals surface area (Å²) in [6.45, 7) is 0.787. The fraction of sp³-hybridized carbons (Fsp3) is 0.300. The van der Waals surface area contributed by atoms with E-state index in [0.717, 1.165) is 36.4 Å². The van der Waals surface area contributed by atoms with Crippen LogP contribution in [0.3, 0.4) is 0 Å². The quantitative estimate of drug-likeness (QED) is 0.149. The number of aliphatic hydroxyl groups is 1. The fourth-order valence-electron chi connectivity index (χ4n) is 6.82. The van der Waals surface area contributed by atoms with Crippen LogP contribution >= 0.6 is 0 Å². The van der Waals surface area contributed by atoms with Crippen molar-refractivity contribution in [3.8, 4) is 0 Å². The number of halogens is 4. The number of nitro groups is 1. The number of carbonyl (C=O) groups excluding carboxylic acids is 3. The molecule has 1 N–H and O–H groups in total. The van der Waals surface area contributed by atoms with Gasteiger partial charge < -0.3 is 9.84 Å². The molecular formula is C30H23F4NO7. The Morgan fingerprint density at radius 2 is 1.45 bits per heavy atom. The number of esters is 1. The molecule has 3 aromatic carbocycles. The molecule has 0 radical (unpaired) electrons. The monoisotopic (exact) mass is 585 g/mol. The Balaban J connectivity index is 1.99. The summed E-state index contributed by atoms with van der Waals surface area (Å²) in [5.41, 5.74) is -9.57. The summed E-state index contributed by atoms with van der Waals surface area (Å²) in [6, 6.07) is 12.7. The van der Waals surface area contributed by atoms with Crippen LogP contribution in [0, 0.1) is 27.3 Å². The largest absolute Gasteiger partial charge is 0.466 e. The molecule has 2 aliphatic carbocycles. The van der Waals surface area contributed by atoms with Gasteiger partial charge in [0, 0.05) is 16.1 Å². The van der Waals surface area contributed by atoms with E-state index in [-0.39, 0.29) is 11.1 Å². The standard InChI is InChI=1S/C30H23F4NO7/c1-2-42-27(38)23-21(16-12-14-18(31)15-13-16)24(35(40)41)22(17-8-4-3-5-9-17)28(29(23,39)30(32,33)34)25(36)19-10-6-7-11-20(19)26(28)37/h3-15,21-24,39H,2H2,1H3/t21-,22+,23-,24-,29+/m1/s1. The Morgan fingerprint density at radius 3 is 1.93 bits per heavy atom. The number of rotatable bonds is 5. The highest BCUT2D eigenvalue weighted by molar-refractivity contribution is 6.31. The smallest absolute Gasteiger partial charge is 0.419 e. The molecule has 5 rings (SSSR count). The predicted octanol–water partition coefficient (Wildman–Crippen LogP) is 4.89. The van der Waals surface area contributed by atoms with Crippen LogP contribution in [0.2, 0.25) is 0 Å². The van der Waals surface area contributed by atoms with Crippen LogP contribution in [0.1, 0.15) is 50.6 Å². The van der Waals surface area contributed by atoms with Gasteiger partial charge in [-0.25, -0.2) is 4.39 Å². The maximum absolute atomic E-state index is 15.6. The third-order valence-corrected chi connectivity index (χ3v) is 8.35. The van der Waals surface area contributed by atoms with Gasteiger partial charge in [0.15, 0.2) is 17.2 Å². The van der Waals surface area contributed by atoms with Crippen LogP contribution in [-0.2, 0) is 9.53 Å². The minimum atomic E-state index is -5.88. The molecule has 1 spiro atoms. The lowest BCUT2D eigenvalue weighted by Gasteiger charge is -2.56. The number of hydrogen-bond acceptors (Lipinski definition) is 7. The van der Waals surface area contributed by atoms with Crippen molar-refractivity contribution in [3.05, 3.63) is 117 Å². The van der Waals surface area contributed by atoms with Gasteiger partial charge in [0.25, 0.3) is 0 Å². The van der Waals surface area contributed by atoms with Gasteiger partial charge in [0.05, 0.1) is 18.4 Å². The normalized spacial score (nSPS) is 26.6. The summed E-state index contributed by atoms with van der Waals surface area (Å²) in [4.78, 5) is 54.2. The Bertz CT molecular complexity index is 1540. The summed E-state index contributed by atoms with van der Waals surface area (Å²) in [5, 5.41) is 25.2. The van der Waals surface area contributed by atoms with Crippen LogP contribution in [0.15, 0.2) is 78.9 Å². The van der Waals surface area contributed by atoms with Gasteiger partial charge >= 0.3 is 12.1 Å². The molecule has 1 fully saturated rings. The number of ether oxygens (including phenoxy) is 1. The zero-order valence-corrected chi connectivity index (χ0v) is 21.9. The number of hydrogen-bond donors (Lipinski definition) is 1. The highest BCUT2D eigenvalue weighted by Gasteiger charge is 2.87. The van der Waals surface area contributed by atoms with E-state index in [4.69, 9.17) is 4.74 Å². The molecule has 0 aromatic heterocycles. The summed E-state index contributed by atoms with van der Waals surface area (Å²) < 4.78 is 65.7. The first-order valence-corrected chi connectivity index (χ1v) is 12.9. The lowest BCUT2D eigenvalue weighted by molar-refractivity contribution is -0.544. The Labute approximate surface area is 236 Å². The SMILES string of the molecule is CCOC(=O)[C@H]1[C@@H](c2ccc(F)cc2)[C@@H]([N+](=O)[O-])[C@H](c2ccccc2)C2(C(=O)c3ccccc3C2=O)[C@]1(O)C(F)(F)F. The van der Waals surface area contributed by atoms with E-state index < -0.39 is 87.0 Å². The number of nitrogens with zero attached hydrogens (tertiary/aromatic N) is 1. The van der Waals surface area contributed by atoms with Crippen LogP contribution in [0.4, 0.5) is 17.6 Å². The van der Waals surface area contributed by atoms with Crippen molar-refractivity contribution < 1.29 is 46.7 Å². The molecule has 218 valence electrons. The summed E-state index contributed by atoms with van der Waals surface area (Å²) >= 11 is 0. The summed E-state index contributed by atoms with van der Waals surface area (Å²) in [7, 11) is 0. The second kappa shape index (κ2) is 10.1. The minimum Gasteiger partial charge on any atom is -0.466 e. The molecule has 1 saturated carbocycles. The van der Waals surface area contributed by atoms with E-state index in [1.807, 2.05) is 0 Å². The Hall–Kier alpha value is -4.45. The number of ketones is 2. The molecule has 0 unspecified atom stereocenters. The van der Waals surface area contributed by atoms with Gasteiger partial charge in [-0.2, -0.15) is 13.2 Å². The van der Waals surface area contributed by atoms with Gasteiger partial charge in [0.1, 0.15) is 17.2 Å². The molecular weight excluding hydrogens is 562 g/mol. The fourth-order valence-corrected chi connectivity index (χ4v) is 6.82. The maximum atomic E-state index is 15.6. The molecule has 2 aliphatic rings.